The highest BCUT2D eigenvalue weighted by molar-refractivity contribution is 5.83. The molecule has 2 aliphatic rings. The third kappa shape index (κ3) is 5.56. The molecule has 0 saturated carbocycles. The van der Waals surface area contributed by atoms with Crippen molar-refractivity contribution in [1.82, 2.24) is 14.7 Å². The Labute approximate surface area is 214 Å². The van der Waals surface area contributed by atoms with Crippen molar-refractivity contribution in [2.45, 2.75) is 52.7 Å². The van der Waals surface area contributed by atoms with Crippen LogP contribution in [0.25, 0.3) is 0 Å². The van der Waals surface area contributed by atoms with Crippen LogP contribution in [0, 0.1) is 11.2 Å². The second-order valence-corrected chi connectivity index (χ2v) is 11.0. The number of hydrogen-bond donors (Lipinski definition) is 0. The average molecular weight is 496 g/mol. The third-order valence-corrected chi connectivity index (χ3v) is 7.17. The second kappa shape index (κ2) is 10.6. The Morgan fingerprint density at radius 1 is 1.03 bits per heavy atom. The molecule has 2 heterocycles. The SMILES string of the molecule is CC[C@H](Oc1ccc2c(c1)[C@H](c1ccc(F)cc1)N(C(=O)C(C)(C)C)CC2)C(=O)N1CCN(C)CC1. The van der Waals surface area contributed by atoms with E-state index in [9.17, 15) is 14.0 Å². The summed E-state index contributed by atoms with van der Waals surface area (Å²) in [4.78, 5) is 32.6. The molecule has 0 bridgehead atoms. The second-order valence-electron chi connectivity index (χ2n) is 11.0. The molecule has 1 fully saturated rings. The highest BCUT2D eigenvalue weighted by Gasteiger charge is 2.37. The number of likely N-dealkylation sites (N-methyl/N-ethyl adjacent to an activating group) is 1. The molecule has 0 radical (unpaired) electrons. The predicted molar refractivity (Wildman–Crippen MR) is 138 cm³/mol. The van der Waals surface area contributed by atoms with E-state index in [1.807, 2.05) is 55.7 Å². The Morgan fingerprint density at radius 2 is 1.69 bits per heavy atom. The molecule has 36 heavy (non-hydrogen) atoms. The van der Waals surface area contributed by atoms with Crippen LogP contribution in [-0.4, -0.2) is 72.4 Å². The molecular weight excluding hydrogens is 457 g/mol. The number of benzene rings is 2. The predicted octanol–water partition coefficient (Wildman–Crippen LogP) is 4.28. The molecule has 2 aliphatic heterocycles. The van der Waals surface area contributed by atoms with Gasteiger partial charge in [0.2, 0.25) is 5.91 Å². The number of carbonyl (C=O) groups excluding carboxylic acids is 2. The van der Waals surface area contributed by atoms with Crippen molar-refractivity contribution in [2.75, 3.05) is 39.8 Å². The van der Waals surface area contributed by atoms with Gasteiger partial charge < -0.3 is 19.4 Å². The topological polar surface area (TPSA) is 53.1 Å². The number of carbonyl (C=O) groups is 2. The minimum absolute atomic E-state index is 0.0166. The van der Waals surface area contributed by atoms with Crippen molar-refractivity contribution in [2.24, 2.45) is 5.41 Å². The van der Waals surface area contributed by atoms with Gasteiger partial charge >= 0.3 is 0 Å². The first-order valence-corrected chi connectivity index (χ1v) is 12.9. The monoisotopic (exact) mass is 495 g/mol. The number of piperazine rings is 1. The lowest BCUT2D eigenvalue weighted by molar-refractivity contribution is -0.141. The lowest BCUT2D eigenvalue weighted by Crippen LogP contribution is -2.51. The molecule has 2 amide bonds. The van der Waals surface area contributed by atoms with Crippen molar-refractivity contribution >= 4 is 11.8 Å². The highest BCUT2D eigenvalue weighted by atomic mass is 19.1. The number of halogens is 1. The van der Waals surface area contributed by atoms with Gasteiger partial charge in [-0.25, -0.2) is 4.39 Å². The van der Waals surface area contributed by atoms with E-state index in [2.05, 4.69) is 11.9 Å². The van der Waals surface area contributed by atoms with Crippen molar-refractivity contribution in [3.05, 3.63) is 65.0 Å². The van der Waals surface area contributed by atoms with Crippen LogP contribution in [0.2, 0.25) is 0 Å². The van der Waals surface area contributed by atoms with Crippen LogP contribution in [0.15, 0.2) is 42.5 Å². The summed E-state index contributed by atoms with van der Waals surface area (Å²) in [6, 6.07) is 11.9. The van der Waals surface area contributed by atoms with Gasteiger partial charge in [0.15, 0.2) is 6.10 Å². The summed E-state index contributed by atoms with van der Waals surface area (Å²) < 4.78 is 20.0. The number of amides is 2. The number of ether oxygens (including phenoxy) is 1. The Bertz CT molecular complexity index is 1090. The van der Waals surface area contributed by atoms with E-state index in [0.717, 1.165) is 36.2 Å². The fourth-order valence-corrected chi connectivity index (χ4v) is 5.02. The maximum absolute atomic E-state index is 13.8. The van der Waals surface area contributed by atoms with Crippen molar-refractivity contribution in [1.29, 1.82) is 0 Å². The third-order valence-electron chi connectivity index (χ3n) is 7.17. The standard InChI is InChI=1S/C29H38FN3O3/c1-6-25(27(34)32-17-15-31(5)16-18-32)36-23-12-9-20-13-14-33(28(35)29(2,3)4)26(24(20)19-23)21-7-10-22(30)11-8-21/h7-12,19,25-26H,6,13-18H2,1-5H3/t25-,26-/m0/s1. The van der Waals surface area contributed by atoms with E-state index in [1.165, 1.54) is 12.1 Å². The minimum Gasteiger partial charge on any atom is -0.481 e. The molecule has 7 heteroatoms. The normalized spacial score (nSPS) is 19.6. The molecule has 4 rings (SSSR count). The first kappa shape index (κ1) is 26.1. The van der Waals surface area contributed by atoms with E-state index in [4.69, 9.17) is 4.74 Å². The molecule has 0 aromatic heterocycles. The first-order chi connectivity index (χ1) is 17.1. The molecule has 0 aliphatic carbocycles. The summed E-state index contributed by atoms with van der Waals surface area (Å²) in [5.74, 6) is 0.363. The minimum atomic E-state index is -0.563. The summed E-state index contributed by atoms with van der Waals surface area (Å²) in [6.07, 6.45) is 0.733. The van der Waals surface area contributed by atoms with Crippen molar-refractivity contribution in [3.8, 4) is 5.75 Å². The average Bonchev–Trinajstić information content (AvgIpc) is 2.86. The quantitative estimate of drug-likeness (QED) is 0.622. The van der Waals surface area contributed by atoms with Crippen LogP contribution >= 0.6 is 0 Å². The molecule has 1 saturated heterocycles. The first-order valence-electron chi connectivity index (χ1n) is 12.9. The number of hydrogen-bond acceptors (Lipinski definition) is 4. The molecule has 194 valence electrons. The van der Waals surface area contributed by atoms with Gasteiger partial charge in [-0.1, -0.05) is 45.9 Å². The zero-order valence-electron chi connectivity index (χ0n) is 22.1. The lowest BCUT2D eigenvalue weighted by atomic mass is 9.85. The Balaban J connectivity index is 1.65. The molecule has 0 N–H and O–H groups in total. The van der Waals surface area contributed by atoms with E-state index < -0.39 is 11.5 Å². The summed E-state index contributed by atoms with van der Waals surface area (Å²) in [7, 11) is 2.06. The molecular formula is C29H38FN3O3. The van der Waals surface area contributed by atoms with Crippen molar-refractivity contribution < 1.29 is 18.7 Å². The van der Waals surface area contributed by atoms with Gasteiger partial charge in [-0.3, -0.25) is 9.59 Å². The van der Waals surface area contributed by atoms with Gasteiger partial charge in [-0.05, 0) is 60.8 Å². The summed E-state index contributed by atoms with van der Waals surface area (Å²) in [5.41, 5.74) is 2.40. The van der Waals surface area contributed by atoms with Crippen LogP contribution in [0.3, 0.4) is 0 Å². The van der Waals surface area contributed by atoms with Gasteiger partial charge in [0.05, 0.1) is 6.04 Å². The Kier molecular flexibility index (Phi) is 7.69. The molecule has 2 atom stereocenters. The van der Waals surface area contributed by atoms with Gasteiger partial charge in [0.1, 0.15) is 11.6 Å². The summed E-state index contributed by atoms with van der Waals surface area (Å²) in [5, 5.41) is 0. The van der Waals surface area contributed by atoms with E-state index in [1.54, 1.807) is 12.1 Å². The van der Waals surface area contributed by atoms with Crippen LogP contribution in [-0.2, 0) is 16.0 Å². The molecule has 6 nitrogen and oxygen atoms in total. The zero-order valence-corrected chi connectivity index (χ0v) is 22.1. The zero-order chi connectivity index (χ0) is 26.0. The fourth-order valence-electron chi connectivity index (χ4n) is 5.02. The maximum Gasteiger partial charge on any atom is 0.263 e. The van der Waals surface area contributed by atoms with Gasteiger partial charge in [-0.2, -0.15) is 0 Å². The van der Waals surface area contributed by atoms with E-state index >= 15 is 0 Å². The number of fused-ring (bicyclic) bond motifs is 1. The van der Waals surface area contributed by atoms with Gasteiger partial charge in [-0.15, -0.1) is 0 Å². The Hall–Kier alpha value is -2.93. The van der Waals surface area contributed by atoms with Gasteiger partial charge in [0, 0.05) is 38.1 Å². The molecule has 2 aromatic rings. The summed E-state index contributed by atoms with van der Waals surface area (Å²) in [6.45, 7) is 11.4. The molecule has 2 aromatic carbocycles. The van der Waals surface area contributed by atoms with Crippen LogP contribution < -0.4 is 4.74 Å². The molecule has 0 spiro atoms. The lowest BCUT2D eigenvalue weighted by Gasteiger charge is -2.41. The fraction of sp³-hybridized carbons (Fsp3) is 0.517. The van der Waals surface area contributed by atoms with Crippen LogP contribution in [0.1, 0.15) is 56.8 Å². The van der Waals surface area contributed by atoms with Crippen LogP contribution in [0.5, 0.6) is 5.75 Å². The number of nitrogens with zero attached hydrogens (tertiary/aromatic N) is 3. The Morgan fingerprint density at radius 3 is 2.31 bits per heavy atom. The van der Waals surface area contributed by atoms with E-state index in [-0.39, 0.29) is 23.7 Å². The molecule has 0 unspecified atom stereocenters. The van der Waals surface area contributed by atoms with E-state index in [0.29, 0.717) is 31.8 Å². The van der Waals surface area contributed by atoms with Gasteiger partial charge in [0.25, 0.3) is 5.91 Å². The van der Waals surface area contributed by atoms with Crippen LogP contribution in [0.4, 0.5) is 4.39 Å². The smallest absolute Gasteiger partial charge is 0.263 e. The summed E-state index contributed by atoms with van der Waals surface area (Å²) >= 11 is 0. The highest BCUT2D eigenvalue weighted by Crippen LogP contribution is 2.39. The maximum atomic E-state index is 13.8. The largest absolute Gasteiger partial charge is 0.481 e. The number of rotatable bonds is 5. The van der Waals surface area contributed by atoms with Crippen molar-refractivity contribution in [3.63, 3.8) is 0 Å².